The average Bonchev–Trinajstić information content (AvgIpc) is 3.06. The molecule has 2 rings (SSSR count). The minimum atomic E-state index is -0.591. The number of nitrogens with two attached hydrogens (primary N) is 1. The van der Waals surface area contributed by atoms with Gasteiger partial charge in [-0.05, 0) is 38.3 Å². The van der Waals surface area contributed by atoms with Crippen LogP contribution < -0.4 is 5.73 Å². The molecular weight excluding hydrogens is 214 g/mol. The summed E-state index contributed by atoms with van der Waals surface area (Å²) in [6.07, 6.45) is 5.14. The predicted molar refractivity (Wildman–Crippen MR) is 66.1 cm³/mol. The Hall–Kier alpha value is -1.42. The number of aromatic nitrogens is 1. The van der Waals surface area contributed by atoms with E-state index in [1.54, 1.807) is 12.4 Å². The quantitative estimate of drug-likeness (QED) is 0.853. The Bertz CT molecular complexity index is 398. The van der Waals surface area contributed by atoms with Gasteiger partial charge in [-0.15, -0.1) is 0 Å². The second-order valence-electron chi connectivity index (χ2n) is 5.04. The first-order valence-corrected chi connectivity index (χ1v) is 6.02. The van der Waals surface area contributed by atoms with Crippen LogP contribution in [-0.4, -0.2) is 27.4 Å². The Morgan fingerprint density at radius 2 is 2.29 bits per heavy atom. The maximum atomic E-state index is 12.3. The summed E-state index contributed by atoms with van der Waals surface area (Å²) in [6.45, 7) is 4.61. The van der Waals surface area contributed by atoms with Crippen LogP contribution in [0.1, 0.15) is 32.3 Å². The van der Waals surface area contributed by atoms with Crippen LogP contribution in [0.25, 0.3) is 0 Å². The highest BCUT2D eigenvalue weighted by atomic mass is 16.2. The van der Waals surface area contributed by atoms with Crippen molar-refractivity contribution < 1.29 is 4.79 Å². The summed E-state index contributed by atoms with van der Waals surface area (Å²) in [4.78, 5) is 18.2. The minimum absolute atomic E-state index is 0.0661. The van der Waals surface area contributed by atoms with E-state index in [-0.39, 0.29) is 11.9 Å². The van der Waals surface area contributed by atoms with Crippen LogP contribution in [0.2, 0.25) is 0 Å². The second kappa shape index (κ2) is 4.45. The van der Waals surface area contributed by atoms with E-state index in [0.717, 1.165) is 18.4 Å². The third kappa shape index (κ3) is 2.64. The third-order valence-electron chi connectivity index (χ3n) is 3.17. The Morgan fingerprint density at radius 1 is 1.59 bits per heavy atom. The molecule has 0 spiro atoms. The molecule has 0 saturated heterocycles. The number of hydrogen-bond donors (Lipinski definition) is 1. The molecule has 1 fully saturated rings. The molecule has 0 unspecified atom stereocenters. The minimum Gasteiger partial charge on any atom is -0.334 e. The third-order valence-corrected chi connectivity index (χ3v) is 3.17. The van der Waals surface area contributed by atoms with Gasteiger partial charge in [-0.25, -0.2) is 0 Å². The fourth-order valence-electron chi connectivity index (χ4n) is 1.81. The molecular formula is C13H19N3O. The van der Waals surface area contributed by atoms with Crippen LogP contribution in [0.4, 0.5) is 0 Å². The van der Waals surface area contributed by atoms with Gasteiger partial charge in [0.15, 0.2) is 0 Å². The molecule has 17 heavy (non-hydrogen) atoms. The normalized spacial score (nSPS) is 16.9. The molecule has 1 heterocycles. The molecule has 1 aromatic heterocycles. The molecule has 92 valence electrons. The van der Waals surface area contributed by atoms with E-state index >= 15 is 0 Å². The van der Waals surface area contributed by atoms with Crippen molar-refractivity contribution in [3.8, 4) is 0 Å². The maximum Gasteiger partial charge on any atom is 0.243 e. The summed E-state index contributed by atoms with van der Waals surface area (Å²) < 4.78 is 0. The highest BCUT2D eigenvalue weighted by Gasteiger charge is 2.48. The van der Waals surface area contributed by atoms with Crippen LogP contribution in [-0.2, 0) is 11.3 Å². The highest BCUT2D eigenvalue weighted by Crippen LogP contribution is 2.35. The summed E-state index contributed by atoms with van der Waals surface area (Å²) in [5.74, 6) is 0.0661. The van der Waals surface area contributed by atoms with Gasteiger partial charge < -0.3 is 10.6 Å². The van der Waals surface area contributed by atoms with Crippen molar-refractivity contribution in [3.05, 3.63) is 30.1 Å². The molecule has 1 aromatic rings. The van der Waals surface area contributed by atoms with Gasteiger partial charge in [-0.2, -0.15) is 0 Å². The first-order chi connectivity index (χ1) is 8.03. The summed E-state index contributed by atoms with van der Waals surface area (Å²) in [5, 5.41) is 0. The van der Waals surface area contributed by atoms with Gasteiger partial charge in [0.2, 0.25) is 5.91 Å². The van der Waals surface area contributed by atoms with Crippen LogP contribution in [0.15, 0.2) is 24.5 Å². The molecule has 0 bridgehead atoms. The molecule has 2 N–H and O–H groups in total. The molecule has 0 atom stereocenters. The van der Waals surface area contributed by atoms with Crippen molar-refractivity contribution in [2.24, 2.45) is 5.73 Å². The predicted octanol–water partition coefficient (Wildman–Crippen LogP) is 1.31. The molecule has 0 aromatic carbocycles. The number of nitrogens with zero attached hydrogens (tertiary/aromatic N) is 2. The Labute approximate surface area is 102 Å². The average molecular weight is 233 g/mol. The van der Waals surface area contributed by atoms with Crippen LogP contribution in [0.5, 0.6) is 0 Å². The largest absolute Gasteiger partial charge is 0.334 e. The zero-order chi connectivity index (χ0) is 12.5. The molecule has 1 saturated carbocycles. The molecule has 0 aliphatic heterocycles. The number of pyridine rings is 1. The number of carbonyl (C=O) groups is 1. The van der Waals surface area contributed by atoms with E-state index in [1.807, 2.05) is 30.9 Å². The smallest absolute Gasteiger partial charge is 0.243 e. The Kier molecular flexibility index (Phi) is 3.15. The van der Waals surface area contributed by atoms with Gasteiger partial charge in [0.25, 0.3) is 0 Å². The van der Waals surface area contributed by atoms with Gasteiger partial charge in [0.05, 0.1) is 5.54 Å². The summed E-state index contributed by atoms with van der Waals surface area (Å²) >= 11 is 0. The zero-order valence-electron chi connectivity index (χ0n) is 10.4. The Morgan fingerprint density at radius 3 is 2.76 bits per heavy atom. The lowest BCUT2D eigenvalue weighted by atomic mass is 10.1. The van der Waals surface area contributed by atoms with Crippen molar-refractivity contribution in [2.45, 2.75) is 44.8 Å². The van der Waals surface area contributed by atoms with Crippen molar-refractivity contribution in [3.63, 3.8) is 0 Å². The first kappa shape index (κ1) is 12.0. The molecule has 1 aliphatic carbocycles. The van der Waals surface area contributed by atoms with Crippen molar-refractivity contribution in [1.29, 1.82) is 0 Å². The van der Waals surface area contributed by atoms with Crippen molar-refractivity contribution in [2.75, 3.05) is 0 Å². The standard InChI is InChI=1S/C13H19N3O/c1-10(2)16(12(17)13(14)5-6-13)9-11-4-3-7-15-8-11/h3-4,7-8,10H,5-6,9,14H2,1-2H3. The number of carbonyl (C=O) groups excluding carboxylic acids is 1. The molecule has 4 heteroatoms. The van der Waals surface area contributed by atoms with Gasteiger partial charge in [0, 0.05) is 25.0 Å². The Balaban J connectivity index is 2.11. The number of amides is 1. The van der Waals surface area contributed by atoms with E-state index in [9.17, 15) is 4.79 Å². The van der Waals surface area contributed by atoms with Crippen LogP contribution in [0, 0.1) is 0 Å². The van der Waals surface area contributed by atoms with Crippen molar-refractivity contribution >= 4 is 5.91 Å². The molecule has 0 radical (unpaired) electrons. The topological polar surface area (TPSA) is 59.2 Å². The molecule has 4 nitrogen and oxygen atoms in total. The van der Waals surface area contributed by atoms with E-state index in [1.165, 1.54) is 0 Å². The monoisotopic (exact) mass is 233 g/mol. The van der Waals surface area contributed by atoms with E-state index in [4.69, 9.17) is 5.73 Å². The summed E-state index contributed by atoms with van der Waals surface area (Å²) in [7, 11) is 0. The number of rotatable bonds is 4. The SMILES string of the molecule is CC(C)N(Cc1cccnc1)C(=O)C1(N)CC1. The fraction of sp³-hybridized carbons (Fsp3) is 0.538. The van der Waals surface area contributed by atoms with Crippen molar-refractivity contribution in [1.82, 2.24) is 9.88 Å². The van der Waals surface area contributed by atoms with E-state index in [0.29, 0.717) is 6.54 Å². The lowest BCUT2D eigenvalue weighted by molar-refractivity contribution is -0.136. The highest BCUT2D eigenvalue weighted by molar-refractivity contribution is 5.89. The van der Waals surface area contributed by atoms with Gasteiger partial charge >= 0.3 is 0 Å². The van der Waals surface area contributed by atoms with Gasteiger partial charge in [0.1, 0.15) is 0 Å². The van der Waals surface area contributed by atoms with E-state index in [2.05, 4.69) is 4.98 Å². The van der Waals surface area contributed by atoms with Crippen LogP contribution in [0.3, 0.4) is 0 Å². The molecule has 1 amide bonds. The lowest BCUT2D eigenvalue weighted by Crippen LogP contribution is -2.48. The zero-order valence-corrected chi connectivity index (χ0v) is 10.4. The summed E-state index contributed by atoms with van der Waals surface area (Å²) in [6, 6.07) is 4.02. The molecule has 1 aliphatic rings. The van der Waals surface area contributed by atoms with Gasteiger partial charge in [-0.1, -0.05) is 6.07 Å². The summed E-state index contributed by atoms with van der Waals surface area (Å²) in [5.41, 5.74) is 6.43. The van der Waals surface area contributed by atoms with E-state index < -0.39 is 5.54 Å². The lowest BCUT2D eigenvalue weighted by Gasteiger charge is -2.29. The maximum absolute atomic E-state index is 12.3. The van der Waals surface area contributed by atoms with Gasteiger partial charge in [-0.3, -0.25) is 9.78 Å². The van der Waals surface area contributed by atoms with Crippen LogP contribution >= 0.6 is 0 Å². The first-order valence-electron chi connectivity index (χ1n) is 6.02. The number of hydrogen-bond acceptors (Lipinski definition) is 3. The fourth-order valence-corrected chi connectivity index (χ4v) is 1.81. The second-order valence-corrected chi connectivity index (χ2v) is 5.04.